The summed E-state index contributed by atoms with van der Waals surface area (Å²) in [4.78, 5) is 11.9. The minimum absolute atomic E-state index is 0.177. The van der Waals surface area contributed by atoms with Crippen LogP contribution >= 0.6 is 11.8 Å². The largest absolute Gasteiger partial charge is 0.497 e. The molecule has 0 amide bonds. The van der Waals surface area contributed by atoms with E-state index >= 15 is 0 Å². The van der Waals surface area contributed by atoms with Crippen molar-refractivity contribution in [3.8, 4) is 5.75 Å². The average Bonchev–Trinajstić information content (AvgIpc) is 3.58. The first-order valence-corrected chi connectivity index (χ1v) is 13.1. The molecule has 31 heavy (non-hydrogen) atoms. The highest BCUT2D eigenvalue weighted by Crippen LogP contribution is 2.59. The van der Waals surface area contributed by atoms with Gasteiger partial charge in [-0.2, -0.15) is 11.8 Å². The minimum Gasteiger partial charge on any atom is -0.497 e. The van der Waals surface area contributed by atoms with Crippen LogP contribution in [-0.4, -0.2) is 44.2 Å². The van der Waals surface area contributed by atoms with E-state index in [1.807, 2.05) is 11.8 Å². The zero-order valence-electron chi connectivity index (χ0n) is 17.3. The first-order chi connectivity index (χ1) is 14.9. The van der Waals surface area contributed by atoms with E-state index in [0.29, 0.717) is 17.4 Å². The second-order valence-corrected chi connectivity index (χ2v) is 11.6. The Hall–Kier alpha value is -2.19. The molecule has 1 saturated heterocycles. The first-order valence-electron chi connectivity index (χ1n) is 10.5. The van der Waals surface area contributed by atoms with Crippen molar-refractivity contribution >= 4 is 33.4 Å². The third-order valence-corrected chi connectivity index (χ3v) is 9.66. The SMILES string of the molecule is COc1cccc(S(=O)(=O)N2c3ccc(C(=O)O)cc3C3(CCSCC3)C2C2CC2)c1. The van der Waals surface area contributed by atoms with Crippen LogP contribution in [0.4, 0.5) is 5.69 Å². The molecule has 5 rings (SSSR count). The Bertz CT molecular complexity index is 1140. The quantitative estimate of drug-likeness (QED) is 0.723. The molecule has 2 aliphatic heterocycles. The Balaban J connectivity index is 1.72. The van der Waals surface area contributed by atoms with Crippen LogP contribution in [-0.2, 0) is 15.4 Å². The van der Waals surface area contributed by atoms with E-state index in [-0.39, 0.29) is 21.9 Å². The van der Waals surface area contributed by atoms with E-state index in [0.717, 1.165) is 42.8 Å². The van der Waals surface area contributed by atoms with Crippen LogP contribution in [0.5, 0.6) is 5.75 Å². The van der Waals surface area contributed by atoms with Gasteiger partial charge in [-0.05, 0) is 79.0 Å². The molecule has 1 N–H and O–H groups in total. The molecule has 2 aromatic rings. The van der Waals surface area contributed by atoms with Gasteiger partial charge in [-0.1, -0.05) is 6.07 Å². The van der Waals surface area contributed by atoms with Crippen molar-refractivity contribution in [1.82, 2.24) is 0 Å². The molecule has 0 radical (unpaired) electrons. The molecule has 0 aromatic heterocycles. The fraction of sp³-hybridized carbons (Fsp3) is 0.435. The summed E-state index contributed by atoms with van der Waals surface area (Å²) in [6.07, 6.45) is 3.73. The summed E-state index contributed by atoms with van der Waals surface area (Å²) >= 11 is 1.88. The molecule has 8 heteroatoms. The minimum atomic E-state index is -3.85. The summed E-state index contributed by atoms with van der Waals surface area (Å²) in [6, 6.07) is 11.4. The third kappa shape index (κ3) is 3.22. The monoisotopic (exact) mass is 459 g/mol. The maximum absolute atomic E-state index is 14.0. The highest BCUT2D eigenvalue weighted by Gasteiger charge is 2.59. The lowest BCUT2D eigenvalue weighted by Gasteiger charge is -2.41. The van der Waals surface area contributed by atoms with Gasteiger partial charge in [0.2, 0.25) is 0 Å². The molecule has 2 fully saturated rings. The zero-order valence-corrected chi connectivity index (χ0v) is 18.9. The number of hydrogen-bond donors (Lipinski definition) is 1. The number of aromatic carboxylic acids is 1. The molecule has 1 unspecified atom stereocenters. The van der Waals surface area contributed by atoms with Crippen LogP contribution in [0.15, 0.2) is 47.4 Å². The van der Waals surface area contributed by atoms with E-state index in [9.17, 15) is 18.3 Å². The smallest absolute Gasteiger partial charge is 0.335 e. The van der Waals surface area contributed by atoms with Gasteiger partial charge in [0.25, 0.3) is 10.0 Å². The number of benzene rings is 2. The van der Waals surface area contributed by atoms with E-state index in [4.69, 9.17) is 4.74 Å². The van der Waals surface area contributed by atoms with Crippen LogP contribution in [0.1, 0.15) is 41.6 Å². The number of carbonyl (C=O) groups is 1. The van der Waals surface area contributed by atoms with Crippen molar-refractivity contribution in [2.45, 2.75) is 42.0 Å². The van der Waals surface area contributed by atoms with E-state index in [1.165, 1.54) is 13.2 Å². The molecule has 0 bridgehead atoms. The van der Waals surface area contributed by atoms with Crippen molar-refractivity contribution in [2.75, 3.05) is 22.9 Å². The third-order valence-electron chi connectivity index (χ3n) is 6.89. The lowest BCUT2D eigenvalue weighted by Crippen LogP contribution is -2.50. The summed E-state index contributed by atoms with van der Waals surface area (Å²) in [6.45, 7) is 0. The topological polar surface area (TPSA) is 83.9 Å². The average molecular weight is 460 g/mol. The van der Waals surface area contributed by atoms with Gasteiger partial charge in [-0.25, -0.2) is 13.2 Å². The molecule has 1 spiro atoms. The van der Waals surface area contributed by atoms with E-state index in [2.05, 4.69) is 0 Å². The number of rotatable bonds is 5. The lowest BCUT2D eigenvalue weighted by molar-refractivity contribution is 0.0696. The fourth-order valence-corrected chi connectivity index (χ4v) is 8.36. The number of methoxy groups -OCH3 is 1. The summed E-state index contributed by atoms with van der Waals surface area (Å²) in [5, 5.41) is 9.60. The number of ether oxygens (including phenoxy) is 1. The molecular formula is C23H25NO5S2. The number of anilines is 1. The van der Waals surface area contributed by atoms with Gasteiger partial charge in [-0.15, -0.1) is 0 Å². The molecular weight excluding hydrogens is 434 g/mol. The van der Waals surface area contributed by atoms with Crippen LogP contribution in [0.3, 0.4) is 0 Å². The van der Waals surface area contributed by atoms with Gasteiger partial charge in [0.1, 0.15) is 5.75 Å². The number of nitrogens with zero attached hydrogens (tertiary/aromatic N) is 1. The normalized spacial score (nSPS) is 22.4. The van der Waals surface area contributed by atoms with E-state index < -0.39 is 16.0 Å². The van der Waals surface area contributed by atoms with Crippen LogP contribution < -0.4 is 9.04 Å². The molecule has 3 aliphatic rings. The maximum atomic E-state index is 14.0. The Labute approximate surface area is 186 Å². The number of thioether (sulfide) groups is 1. The Kier molecular flexibility index (Phi) is 4.97. The summed E-state index contributed by atoms with van der Waals surface area (Å²) in [5.74, 6) is 1.71. The van der Waals surface area contributed by atoms with Gasteiger partial charge < -0.3 is 9.84 Å². The Morgan fingerprint density at radius 3 is 2.55 bits per heavy atom. The van der Waals surface area contributed by atoms with Crippen molar-refractivity contribution < 1.29 is 23.1 Å². The lowest BCUT2D eigenvalue weighted by atomic mass is 9.70. The predicted octanol–water partition coefficient (Wildman–Crippen LogP) is 4.15. The molecule has 2 aromatic carbocycles. The molecule has 1 saturated carbocycles. The second-order valence-electron chi connectivity index (χ2n) is 8.57. The summed E-state index contributed by atoms with van der Waals surface area (Å²) in [7, 11) is -2.33. The predicted molar refractivity (Wildman–Crippen MR) is 121 cm³/mol. The molecule has 2 heterocycles. The highest BCUT2D eigenvalue weighted by atomic mass is 32.2. The highest BCUT2D eigenvalue weighted by molar-refractivity contribution is 7.99. The van der Waals surface area contributed by atoms with Crippen molar-refractivity contribution in [3.63, 3.8) is 0 Å². The Morgan fingerprint density at radius 1 is 1.16 bits per heavy atom. The summed E-state index contributed by atoms with van der Waals surface area (Å²) < 4.78 is 34.9. The fourth-order valence-electron chi connectivity index (χ4n) is 5.30. The Morgan fingerprint density at radius 2 is 1.90 bits per heavy atom. The first kappa shape index (κ1) is 20.7. The number of carboxylic acids is 1. The van der Waals surface area contributed by atoms with Crippen molar-refractivity contribution in [2.24, 2.45) is 5.92 Å². The molecule has 6 nitrogen and oxygen atoms in total. The van der Waals surface area contributed by atoms with Gasteiger partial charge in [0.15, 0.2) is 0 Å². The number of fused-ring (bicyclic) bond motifs is 2. The van der Waals surface area contributed by atoms with Crippen LogP contribution in [0, 0.1) is 5.92 Å². The van der Waals surface area contributed by atoms with Crippen molar-refractivity contribution in [1.29, 1.82) is 0 Å². The molecule has 164 valence electrons. The van der Waals surface area contributed by atoms with Gasteiger partial charge >= 0.3 is 5.97 Å². The second kappa shape index (κ2) is 7.45. The van der Waals surface area contributed by atoms with Crippen molar-refractivity contribution in [3.05, 3.63) is 53.6 Å². The van der Waals surface area contributed by atoms with Crippen LogP contribution in [0.2, 0.25) is 0 Å². The van der Waals surface area contributed by atoms with Crippen LogP contribution in [0.25, 0.3) is 0 Å². The van der Waals surface area contributed by atoms with Gasteiger partial charge in [-0.3, -0.25) is 4.31 Å². The van der Waals surface area contributed by atoms with Gasteiger partial charge in [0.05, 0.1) is 29.3 Å². The summed E-state index contributed by atoms with van der Waals surface area (Å²) in [5.41, 5.74) is 1.40. The van der Waals surface area contributed by atoms with Gasteiger partial charge in [0, 0.05) is 11.5 Å². The zero-order chi connectivity index (χ0) is 21.8. The number of hydrogen-bond acceptors (Lipinski definition) is 5. The van der Waals surface area contributed by atoms with E-state index in [1.54, 1.807) is 40.7 Å². The number of carboxylic acid groups (broad SMARTS) is 1. The molecule has 1 atom stereocenters. The maximum Gasteiger partial charge on any atom is 0.335 e. The standard InChI is InChI=1S/C23H25NO5S2/c1-29-17-3-2-4-18(14-17)31(27,28)24-20-8-7-16(22(25)26)13-19(20)23(9-11-30-12-10-23)21(24)15-5-6-15/h2-4,7-8,13-15,21H,5-6,9-12H2,1H3,(H,25,26). The number of sulfonamides is 1. The molecule has 1 aliphatic carbocycles.